The molecule has 1 aromatic rings. The van der Waals surface area contributed by atoms with Gasteiger partial charge in [0.05, 0.1) is 13.2 Å². The summed E-state index contributed by atoms with van der Waals surface area (Å²) in [4.78, 5) is 42.5. The molecule has 26 heavy (non-hydrogen) atoms. The van der Waals surface area contributed by atoms with Crippen molar-refractivity contribution in [2.45, 2.75) is 78.3 Å². The second kappa shape index (κ2) is 8.52. The van der Waals surface area contributed by atoms with Crippen molar-refractivity contribution >= 4 is 17.7 Å². The molecule has 0 radical (unpaired) electrons. The van der Waals surface area contributed by atoms with Gasteiger partial charge in [-0.05, 0) is 39.2 Å². The van der Waals surface area contributed by atoms with Crippen molar-refractivity contribution in [2.24, 2.45) is 0 Å². The minimum Gasteiger partial charge on any atom is -0.464 e. The van der Waals surface area contributed by atoms with Crippen molar-refractivity contribution in [2.75, 3.05) is 7.11 Å². The van der Waals surface area contributed by atoms with E-state index in [9.17, 15) is 14.4 Å². The zero-order chi connectivity index (χ0) is 19.4. The third kappa shape index (κ3) is 3.84. The molecular weight excluding hydrogens is 332 g/mol. The Morgan fingerprint density at radius 2 is 1.81 bits per heavy atom. The van der Waals surface area contributed by atoms with Crippen LogP contribution in [0, 0.1) is 13.8 Å². The highest BCUT2D eigenvalue weighted by atomic mass is 16.5. The summed E-state index contributed by atoms with van der Waals surface area (Å²) < 4.78 is 4.78. The Hall–Kier alpha value is -2.11. The SMILES string of the molecule is CCC(=O)N(C1CCCCC1)[C@@H](C)C(=O)c1c(C)[nH]c(C(=O)OC)c1C. The number of hydrogen-bond donors (Lipinski definition) is 1. The zero-order valence-corrected chi connectivity index (χ0v) is 16.5. The van der Waals surface area contributed by atoms with Crippen molar-refractivity contribution in [3.63, 3.8) is 0 Å². The molecule has 144 valence electrons. The van der Waals surface area contributed by atoms with Crippen molar-refractivity contribution in [1.29, 1.82) is 0 Å². The summed E-state index contributed by atoms with van der Waals surface area (Å²) >= 11 is 0. The number of hydrogen-bond acceptors (Lipinski definition) is 4. The number of nitrogens with one attached hydrogen (secondary N) is 1. The topological polar surface area (TPSA) is 79.5 Å². The largest absolute Gasteiger partial charge is 0.464 e. The van der Waals surface area contributed by atoms with Crippen molar-refractivity contribution < 1.29 is 19.1 Å². The quantitative estimate of drug-likeness (QED) is 0.620. The fraction of sp³-hybridized carbons (Fsp3) is 0.650. The molecule has 1 aromatic heterocycles. The third-order valence-electron chi connectivity index (χ3n) is 5.43. The van der Waals surface area contributed by atoms with E-state index >= 15 is 0 Å². The maximum absolute atomic E-state index is 13.2. The van der Waals surface area contributed by atoms with Crippen LogP contribution in [-0.4, -0.2) is 46.7 Å². The van der Waals surface area contributed by atoms with Crippen LogP contribution in [0.15, 0.2) is 0 Å². The van der Waals surface area contributed by atoms with Gasteiger partial charge in [0.15, 0.2) is 5.78 Å². The fourth-order valence-electron chi connectivity index (χ4n) is 4.04. The number of ether oxygens (including phenoxy) is 1. The Bertz CT molecular complexity index is 686. The first-order chi connectivity index (χ1) is 12.3. The molecule has 1 aliphatic carbocycles. The molecule has 0 saturated heterocycles. The number of amides is 1. The van der Waals surface area contributed by atoms with E-state index in [1.807, 2.05) is 6.92 Å². The van der Waals surface area contributed by atoms with Gasteiger partial charge in [0.25, 0.3) is 0 Å². The first-order valence-electron chi connectivity index (χ1n) is 9.46. The van der Waals surface area contributed by atoms with Crippen LogP contribution in [0.5, 0.6) is 0 Å². The molecule has 1 fully saturated rings. The summed E-state index contributed by atoms with van der Waals surface area (Å²) in [6.45, 7) is 7.14. The molecule has 1 aliphatic rings. The first kappa shape index (κ1) is 20.2. The molecule has 1 heterocycles. The summed E-state index contributed by atoms with van der Waals surface area (Å²) in [5, 5.41) is 0. The number of carbonyl (C=O) groups excluding carboxylic acids is 3. The number of aromatic amines is 1. The average Bonchev–Trinajstić information content (AvgIpc) is 2.95. The van der Waals surface area contributed by atoms with Crippen LogP contribution < -0.4 is 0 Å². The van der Waals surface area contributed by atoms with Crippen LogP contribution in [-0.2, 0) is 9.53 Å². The van der Waals surface area contributed by atoms with Gasteiger partial charge in [0, 0.05) is 23.7 Å². The highest BCUT2D eigenvalue weighted by Crippen LogP contribution is 2.28. The molecule has 1 saturated carbocycles. The molecule has 1 atom stereocenters. The Balaban J connectivity index is 2.35. The minimum absolute atomic E-state index is 0.0109. The molecule has 6 heteroatoms. The Kier molecular flexibility index (Phi) is 6.62. The van der Waals surface area contributed by atoms with E-state index < -0.39 is 12.0 Å². The lowest BCUT2D eigenvalue weighted by atomic mass is 9.91. The Morgan fingerprint density at radius 1 is 1.19 bits per heavy atom. The van der Waals surface area contributed by atoms with Gasteiger partial charge in [-0.15, -0.1) is 0 Å². The van der Waals surface area contributed by atoms with Crippen LogP contribution in [0.2, 0.25) is 0 Å². The number of rotatable bonds is 6. The van der Waals surface area contributed by atoms with Gasteiger partial charge in [0.1, 0.15) is 5.69 Å². The lowest BCUT2D eigenvalue weighted by Crippen LogP contribution is -2.50. The number of ketones is 1. The standard InChI is InChI=1S/C20H30N2O4/c1-6-16(23)22(15-10-8-7-9-11-15)14(4)19(24)17-12(2)18(20(25)26-5)21-13(17)3/h14-15,21H,6-11H2,1-5H3/t14-/m0/s1. The molecule has 2 rings (SSSR count). The summed E-state index contributed by atoms with van der Waals surface area (Å²) in [7, 11) is 1.31. The number of aromatic nitrogens is 1. The van der Waals surface area contributed by atoms with Gasteiger partial charge in [-0.1, -0.05) is 26.2 Å². The van der Waals surface area contributed by atoms with Crippen molar-refractivity contribution in [1.82, 2.24) is 9.88 Å². The summed E-state index contributed by atoms with van der Waals surface area (Å²) in [5.74, 6) is -0.610. The summed E-state index contributed by atoms with van der Waals surface area (Å²) in [6, 6.07) is -0.431. The Labute approximate surface area is 155 Å². The van der Waals surface area contributed by atoms with E-state index in [1.165, 1.54) is 13.5 Å². The third-order valence-corrected chi connectivity index (χ3v) is 5.43. The lowest BCUT2D eigenvalue weighted by Gasteiger charge is -2.38. The van der Waals surface area contributed by atoms with Crippen LogP contribution in [0.3, 0.4) is 0 Å². The van der Waals surface area contributed by atoms with Gasteiger partial charge in [-0.25, -0.2) is 4.79 Å². The first-order valence-corrected chi connectivity index (χ1v) is 9.46. The molecule has 6 nitrogen and oxygen atoms in total. The fourth-order valence-corrected chi connectivity index (χ4v) is 4.04. The molecule has 0 aliphatic heterocycles. The molecule has 1 N–H and O–H groups in total. The zero-order valence-electron chi connectivity index (χ0n) is 16.5. The highest BCUT2D eigenvalue weighted by Gasteiger charge is 2.34. The van der Waals surface area contributed by atoms with E-state index in [1.54, 1.807) is 25.7 Å². The van der Waals surface area contributed by atoms with Crippen molar-refractivity contribution in [3.8, 4) is 0 Å². The van der Waals surface area contributed by atoms with E-state index in [0.29, 0.717) is 28.9 Å². The number of H-pyrrole nitrogens is 1. The van der Waals surface area contributed by atoms with Crippen LogP contribution in [0.25, 0.3) is 0 Å². The van der Waals surface area contributed by atoms with Crippen LogP contribution in [0.4, 0.5) is 0 Å². The molecular formula is C20H30N2O4. The average molecular weight is 362 g/mol. The van der Waals surface area contributed by atoms with E-state index in [-0.39, 0.29) is 17.7 Å². The Morgan fingerprint density at radius 3 is 2.35 bits per heavy atom. The normalized spacial score (nSPS) is 16.2. The molecule has 0 unspecified atom stereocenters. The molecule has 0 spiro atoms. The van der Waals surface area contributed by atoms with Crippen molar-refractivity contribution in [3.05, 3.63) is 22.5 Å². The highest BCUT2D eigenvalue weighted by molar-refractivity contribution is 6.06. The van der Waals surface area contributed by atoms with Crippen LogP contribution in [0.1, 0.15) is 84.5 Å². The molecule has 0 bridgehead atoms. The van der Waals surface area contributed by atoms with Gasteiger partial charge in [-0.2, -0.15) is 0 Å². The van der Waals surface area contributed by atoms with E-state index in [4.69, 9.17) is 4.74 Å². The molecule has 0 aromatic carbocycles. The monoisotopic (exact) mass is 362 g/mol. The number of Topliss-reactive ketones (excluding diaryl/α,β-unsaturated/α-hetero) is 1. The van der Waals surface area contributed by atoms with Crippen LogP contribution >= 0.6 is 0 Å². The number of aryl methyl sites for hydroxylation is 1. The number of methoxy groups -OCH3 is 1. The van der Waals surface area contributed by atoms with E-state index in [0.717, 1.165) is 25.7 Å². The minimum atomic E-state index is -0.552. The maximum Gasteiger partial charge on any atom is 0.354 e. The predicted octanol–water partition coefficient (Wildman–Crippen LogP) is 3.56. The second-order valence-electron chi connectivity index (χ2n) is 7.10. The summed E-state index contributed by atoms with van der Waals surface area (Å²) in [5.41, 5.74) is 2.00. The van der Waals surface area contributed by atoms with Gasteiger partial charge < -0.3 is 14.6 Å². The second-order valence-corrected chi connectivity index (χ2v) is 7.10. The molecule has 1 amide bonds. The van der Waals surface area contributed by atoms with E-state index in [2.05, 4.69) is 4.98 Å². The van der Waals surface area contributed by atoms with Gasteiger partial charge in [0.2, 0.25) is 5.91 Å². The summed E-state index contributed by atoms with van der Waals surface area (Å²) in [6.07, 6.45) is 5.64. The lowest BCUT2D eigenvalue weighted by molar-refractivity contribution is -0.135. The number of nitrogens with zero attached hydrogens (tertiary/aromatic N) is 1. The van der Waals surface area contributed by atoms with Gasteiger partial charge >= 0.3 is 5.97 Å². The maximum atomic E-state index is 13.2. The van der Waals surface area contributed by atoms with Gasteiger partial charge in [-0.3, -0.25) is 9.59 Å². The number of carbonyl (C=O) groups is 3. The smallest absolute Gasteiger partial charge is 0.354 e. The number of esters is 1. The predicted molar refractivity (Wildman–Crippen MR) is 99.4 cm³/mol.